The van der Waals surface area contributed by atoms with E-state index in [-0.39, 0.29) is 12.5 Å². The Kier molecular flexibility index (Phi) is 3.71. The first-order chi connectivity index (χ1) is 8.95. The van der Waals surface area contributed by atoms with Crippen LogP contribution in [0.2, 0.25) is 0 Å². The minimum Gasteiger partial charge on any atom is -0.344 e. The number of hydrogen-bond acceptors (Lipinski definition) is 3. The second kappa shape index (κ2) is 5.13. The molecule has 1 aliphatic rings. The van der Waals surface area contributed by atoms with Crippen molar-refractivity contribution in [3.63, 3.8) is 0 Å². The molecule has 0 aliphatic carbocycles. The van der Waals surface area contributed by atoms with Crippen molar-refractivity contribution in [1.29, 1.82) is 0 Å². The van der Waals surface area contributed by atoms with Crippen molar-refractivity contribution in [3.05, 3.63) is 28.2 Å². The fourth-order valence-corrected chi connectivity index (χ4v) is 2.22. The molecule has 0 radical (unpaired) electrons. The molecular weight excluding hydrogens is 312 g/mol. The van der Waals surface area contributed by atoms with Gasteiger partial charge in [0.1, 0.15) is 6.54 Å². The lowest BCUT2D eigenvalue weighted by Crippen LogP contribution is -2.40. The topological polar surface area (TPSA) is 57.7 Å². The summed E-state index contributed by atoms with van der Waals surface area (Å²) >= 11 is 3.26. The van der Waals surface area contributed by atoms with Gasteiger partial charge in [0, 0.05) is 18.1 Å². The summed E-state index contributed by atoms with van der Waals surface area (Å²) in [5.41, 5.74) is 0.836. The Balaban J connectivity index is 2.31. The minimum atomic E-state index is -0.647. The largest absolute Gasteiger partial charge is 0.344 e. The number of likely N-dealkylation sites (N-methyl/N-ethyl adjacent to an activating group) is 1. The zero-order valence-electron chi connectivity index (χ0n) is 10.6. The first-order valence-electron chi connectivity index (χ1n) is 5.85. The second-order valence-electron chi connectivity index (χ2n) is 4.29. The summed E-state index contributed by atoms with van der Waals surface area (Å²) < 4.78 is 0.728. The molecule has 6 heteroatoms. The van der Waals surface area contributed by atoms with Gasteiger partial charge in [0.2, 0.25) is 5.91 Å². The van der Waals surface area contributed by atoms with Crippen LogP contribution in [0.3, 0.4) is 0 Å². The zero-order chi connectivity index (χ0) is 14.2. The molecule has 2 amide bonds. The highest BCUT2D eigenvalue weighted by Gasteiger charge is 2.37. The number of nitrogens with zero attached hydrogens (tertiary/aromatic N) is 2. The molecule has 1 aromatic rings. The molecule has 1 aliphatic heterocycles. The second-order valence-corrected chi connectivity index (χ2v) is 5.21. The summed E-state index contributed by atoms with van der Waals surface area (Å²) in [5.74, 6) is -1.41. The number of carbonyl (C=O) groups is 3. The van der Waals surface area contributed by atoms with Gasteiger partial charge in [-0.1, -0.05) is 15.9 Å². The maximum atomic E-state index is 11.9. The van der Waals surface area contributed by atoms with Crippen LogP contribution in [0, 0.1) is 0 Å². The van der Waals surface area contributed by atoms with E-state index in [2.05, 4.69) is 15.9 Å². The Morgan fingerprint density at radius 2 is 2.05 bits per heavy atom. The number of ketones is 1. The van der Waals surface area contributed by atoms with E-state index >= 15 is 0 Å². The number of benzene rings is 1. The monoisotopic (exact) mass is 324 g/mol. The van der Waals surface area contributed by atoms with Crippen LogP contribution in [0.4, 0.5) is 5.69 Å². The van der Waals surface area contributed by atoms with Crippen molar-refractivity contribution in [2.24, 2.45) is 0 Å². The lowest BCUT2D eigenvalue weighted by atomic mass is 10.1. The molecule has 2 rings (SSSR count). The number of anilines is 1. The summed E-state index contributed by atoms with van der Waals surface area (Å²) in [6, 6.07) is 5.01. The molecule has 0 atom stereocenters. The number of amides is 2. The molecular formula is C13H13BrN2O3. The minimum absolute atomic E-state index is 0.108. The van der Waals surface area contributed by atoms with E-state index < -0.39 is 11.7 Å². The maximum Gasteiger partial charge on any atom is 0.299 e. The average Bonchev–Trinajstić information content (AvgIpc) is 2.62. The predicted molar refractivity (Wildman–Crippen MR) is 74.1 cm³/mol. The summed E-state index contributed by atoms with van der Waals surface area (Å²) in [4.78, 5) is 38.4. The van der Waals surface area contributed by atoms with Crippen molar-refractivity contribution in [2.75, 3.05) is 25.0 Å². The molecule has 0 bridgehead atoms. The first-order valence-corrected chi connectivity index (χ1v) is 6.64. The quantitative estimate of drug-likeness (QED) is 0.791. The standard InChI is InChI=1S/C13H13BrN2O3/c1-3-15(2)11(17)7-16-10-5-4-8(14)6-9(10)12(18)13(16)19/h4-6H,3,7H2,1-2H3. The van der Waals surface area contributed by atoms with Crippen LogP contribution in [0.15, 0.2) is 22.7 Å². The molecule has 0 spiro atoms. The molecule has 0 fully saturated rings. The number of rotatable bonds is 3. The Morgan fingerprint density at radius 1 is 1.37 bits per heavy atom. The molecule has 0 N–H and O–H groups in total. The van der Waals surface area contributed by atoms with Gasteiger partial charge in [-0.05, 0) is 25.1 Å². The van der Waals surface area contributed by atoms with E-state index in [0.717, 1.165) is 4.47 Å². The molecule has 1 aromatic carbocycles. The van der Waals surface area contributed by atoms with E-state index in [9.17, 15) is 14.4 Å². The van der Waals surface area contributed by atoms with Crippen LogP contribution in [0.1, 0.15) is 17.3 Å². The van der Waals surface area contributed by atoms with Crippen molar-refractivity contribution >= 4 is 39.2 Å². The van der Waals surface area contributed by atoms with Crippen LogP contribution in [0.25, 0.3) is 0 Å². The SMILES string of the molecule is CCN(C)C(=O)CN1C(=O)C(=O)c2cc(Br)ccc21. The summed E-state index contributed by atoms with van der Waals surface area (Å²) in [5, 5.41) is 0. The Morgan fingerprint density at radius 3 is 2.68 bits per heavy atom. The van der Waals surface area contributed by atoms with E-state index in [4.69, 9.17) is 0 Å². The molecule has 5 nitrogen and oxygen atoms in total. The molecule has 0 saturated heterocycles. The van der Waals surface area contributed by atoms with Gasteiger partial charge >= 0.3 is 0 Å². The van der Waals surface area contributed by atoms with Gasteiger partial charge in [-0.25, -0.2) is 0 Å². The van der Waals surface area contributed by atoms with Crippen LogP contribution < -0.4 is 4.90 Å². The van der Waals surface area contributed by atoms with Gasteiger partial charge in [-0.2, -0.15) is 0 Å². The highest BCUT2D eigenvalue weighted by molar-refractivity contribution is 9.10. The normalized spacial score (nSPS) is 13.7. The zero-order valence-corrected chi connectivity index (χ0v) is 12.2. The number of fused-ring (bicyclic) bond motifs is 1. The lowest BCUT2D eigenvalue weighted by Gasteiger charge is -2.20. The first kappa shape index (κ1) is 13.7. The van der Waals surface area contributed by atoms with Crippen LogP contribution in [-0.4, -0.2) is 42.6 Å². The van der Waals surface area contributed by atoms with Gasteiger partial charge in [0.25, 0.3) is 11.7 Å². The predicted octanol–water partition coefficient (Wildman–Crippen LogP) is 1.46. The van der Waals surface area contributed by atoms with Crippen LogP contribution in [0.5, 0.6) is 0 Å². The van der Waals surface area contributed by atoms with Gasteiger partial charge < -0.3 is 4.90 Å². The van der Waals surface area contributed by atoms with Gasteiger partial charge in [-0.15, -0.1) is 0 Å². The molecule has 100 valence electrons. The van der Waals surface area contributed by atoms with E-state index in [1.54, 1.807) is 25.2 Å². The average molecular weight is 325 g/mol. The van der Waals surface area contributed by atoms with Gasteiger partial charge in [-0.3, -0.25) is 19.3 Å². The Bertz CT molecular complexity index is 571. The Hall–Kier alpha value is -1.69. The molecule has 0 saturated carbocycles. The van der Waals surface area contributed by atoms with Crippen molar-refractivity contribution < 1.29 is 14.4 Å². The number of carbonyl (C=O) groups excluding carboxylic acids is 3. The van der Waals surface area contributed by atoms with Crippen molar-refractivity contribution in [1.82, 2.24) is 4.90 Å². The van der Waals surface area contributed by atoms with Gasteiger partial charge in [0.15, 0.2) is 0 Å². The van der Waals surface area contributed by atoms with Crippen molar-refractivity contribution in [2.45, 2.75) is 6.92 Å². The van der Waals surface area contributed by atoms with E-state index in [1.165, 1.54) is 9.80 Å². The van der Waals surface area contributed by atoms with E-state index in [0.29, 0.717) is 17.8 Å². The maximum absolute atomic E-state index is 11.9. The molecule has 0 unspecified atom stereocenters. The Labute approximate surface area is 119 Å². The van der Waals surface area contributed by atoms with Gasteiger partial charge in [0.05, 0.1) is 11.3 Å². The highest BCUT2D eigenvalue weighted by atomic mass is 79.9. The molecule has 19 heavy (non-hydrogen) atoms. The lowest BCUT2D eigenvalue weighted by molar-refractivity contribution is -0.129. The fourth-order valence-electron chi connectivity index (χ4n) is 1.86. The van der Waals surface area contributed by atoms with Crippen molar-refractivity contribution in [3.8, 4) is 0 Å². The summed E-state index contributed by atoms with van der Waals surface area (Å²) in [7, 11) is 1.66. The third-order valence-corrected chi connectivity index (χ3v) is 3.62. The summed E-state index contributed by atoms with van der Waals surface area (Å²) in [6.45, 7) is 2.30. The van der Waals surface area contributed by atoms with Crippen LogP contribution >= 0.6 is 15.9 Å². The molecule has 0 aromatic heterocycles. The smallest absolute Gasteiger partial charge is 0.299 e. The summed E-state index contributed by atoms with van der Waals surface area (Å²) in [6.07, 6.45) is 0. The fraction of sp³-hybridized carbons (Fsp3) is 0.308. The number of halogens is 1. The van der Waals surface area contributed by atoms with E-state index in [1.807, 2.05) is 6.92 Å². The highest BCUT2D eigenvalue weighted by Crippen LogP contribution is 2.31. The number of Topliss-reactive ketones (excluding diaryl/α,β-unsaturated/α-hetero) is 1. The molecule has 1 heterocycles. The van der Waals surface area contributed by atoms with Crippen LogP contribution in [-0.2, 0) is 9.59 Å². The number of hydrogen-bond donors (Lipinski definition) is 0. The third-order valence-electron chi connectivity index (χ3n) is 3.13. The third kappa shape index (κ3) is 2.40.